The second-order valence-corrected chi connectivity index (χ2v) is 2.99. The van der Waals surface area contributed by atoms with E-state index in [4.69, 9.17) is 0 Å². The molecule has 0 rings (SSSR count). The van der Waals surface area contributed by atoms with Crippen LogP contribution in [0.2, 0.25) is 0 Å². The highest BCUT2D eigenvalue weighted by molar-refractivity contribution is 5.09. The van der Waals surface area contributed by atoms with Crippen LogP contribution >= 0.6 is 0 Å². The summed E-state index contributed by atoms with van der Waals surface area (Å²) < 4.78 is 0. The van der Waals surface area contributed by atoms with Crippen LogP contribution in [0.15, 0.2) is 36.6 Å². The fraction of sp³-hybridized carbons (Fsp3) is 0.500. The number of hydrogen-bond donors (Lipinski definition) is 0. The van der Waals surface area contributed by atoms with Gasteiger partial charge < -0.3 is 0 Å². The standard InChI is InChI=1S/C12H19O/c1-2-3-4-5-6-7-8-9-10-11-12-13/h7-12H,2-6H2,1H3/b8-7+,10-9+,12-11+. The van der Waals surface area contributed by atoms with E-state index >= 15 is 0 Å². The number of unbranched alkanes of at least 4 members (excludes halogenated alkanes) is 4. The molecule has 0 aromatic carbocycles. The SMILES string of the molecule is CCCCCC/C=C/C=C/C=C/[O]. The highest BCUT2D eigenvalue weighted by Crippen LogP contribution is 2.02. The summed E-state index contributed by atoms with van der Waals surface area (Å²) >= 11 is 0. The van der Waals surface area contributed by atoms with Gasteiger partial charge in [-0.05, 0) is 18.9 Å². The summed E-state index contributed by atoms with van der Waals surface area (Å²) in [5.41, 5.74) is 0. The highest BCUT2D eigenvalue weighted by atomic mass is 16.2. The molecule has 0 saturated heterocycles. The van der Waals surface area contributed by atoms with Crippen molar-refractivity contribution in [1.82, 2.24) is 0 Å². The van der Waals surface area contributed by atoms with Crippen molar-refractivity contribution in [2.45, 2.75) is 39.0 Å². The predicted octanol–water partition coefficient (Wildman–Crippen LogP) is 4.01. The molecule has 0 aliphatic heterocycles. The topological polar surface area (TPSA) is 19.9 Å². The fourth-order valence-corrected chi connectivity index (χ4v) is 1.04. The Labute approximate surface area is 81.5 Å². The minimum absolute atomic E-state index is 0.783. The maximum atomic E-state index is 9.88. The molecule has 73 valence electrons. The van der Waals surface area contributed by atoms with Gasteiger partial charge in [-0.25, -0.2) is 0 Å². The van der Waals surface area contributed by atoms with Gasteiger partial charge in [0.15, 0.2) is 0 Å². The Morgan fingerprint density at radius 2 is 1.69 bits per heavy atom. The molecule has 0 fully saturated rings. The third-order valence-corrected chi connectivity index (χ3v) is 1.77. The number of rotatable bonds is 7. The van der Waals surface area contributed by atoms with Crippen molar-refractivity contribution in [2.75, 3.05) is 0 Å². The van der Waals surface area contributed by atoms with Gasteiger partial charge in [0.25, 0.3) is 0 Å². The Balaban J connectivity index is 3.21. The van der Waals surface area contributed by atoms with Crippen LogP contribution in [-0.2, 0) is 5.11 Å². The van der Waals surface area contributed by atoms with Crippen LogP contribution in [0.1, 0.15) is 39.0 Å². The van der Waals surface area contributed by atoms with E-state index in [2.05, 4.69) is 13.0 Å². The lowest BCUT2D eigenvalue weighted by atomic mass is 10.1. The molecule has 0 bridgehead atoms. The largest absolute Gasteiger partial charge is 0.299 e. The summed E-state index contributed by atoms with van der Waals surface area (Å²) in [6, 6.07) is 0. The fourth-order valence-electron chi connectivity index (χ4n) is 1.04. The van der Waals surface area contributed by atoms with E-state index in [9.17, 15) is 5.11 Å². The zero-order valence-electron chi connectivity index (χ0n) is 8.41. The van der Waals surface area contributed by atoms with E-state index in [1.807, 2.05) is 12.2 Å². The maximum Gasteiger partial charge on any atom is 0.142 e. The first-order valence-electron chi connectivity index (χ1n) is 5.02. The van der Waals surface area contributed by atoms with Gasteiger partial charge in [-0.3, -0.25) is 5.11 Å². The molecule has 1 nitrogen and oxygen atoms in total. The second-order valence-electron chi connectivity index (χ2n) is 2.99. The molecule has 0 unspecified atom stereocenters. The van der Waals surface area contributed by atoms with Crippen molar-refractivity contribution in [3.63, 3.8) is 0 Å². The smallest absolute Gasteiger partial charge is 0.142 e. The molecule has 0 aromatic rings. The van der Waals surface area contributed by atoms with E-state index in [0.29, 0.717) is 0 Å². The lowest BCUT2D eigenvalue weighted by molar-refractivity contribution is 0.352. The van der Waals surface area contributed by atoms with Crippen molar-refractivity contribution in [2.24, 2.45) is 0 Å². The molecule has 0 saturated carbocycles. The monoisotopic (exact) mass is 179 g/mol. The summed E-state index contributed by atoms with van der Waals surface area (Å²) in [4.78, 5) is 0. The van der Waals surface area contributed by atoms with Crippen LogP contribution in [0.4, 0.5) is 0 Å². The van der Waals surface area contributed by atoms with Crippen molar-refractivity contribution in [3.05, 3.63) is 36.6 Å². The Morgan fingerprint density at radius 3 is 2.38 bits per heavy atom. The number of allylic oxidation sites excluding steroid dienone is 5. The quantitative estimate of drug-likeness (QED) is 0.319. The van der Waals surface area contributed by atoms with Crippen LogP contribution in [0.5, 0.6) is 0 Å². The molecular weight excluding hydrogens is 160 g/mol. The van der Waals surface area contributed by atoms with Crippen LogP contribution in [-0.4, -0.2) is 0 Å². The van der Waals surface area contributed by atoms with Crippen LogP contribution in [0, 0.1) is 0 Å². The summed E-state index contributed by atoms with van der Waals surface area (Å²) in [6.07, 6.45) is 16.4. The summed E-state index contributed by atoms with van der Waals surface area (Å²) in [6.45, 7) is 2.22. The molecule has 0 spiro atoms. The Bertz CT molecular complexity index is 166. The molecule has 1 radical (unpaired) electrons. The van der Waals surface area contributed by atoms with Crippen molar-refractivity contribution in [3.8, 4) is 0 Å². The second kappa shape index (κ2) is 11.0. The maximum absolute atomic E-state index is 9.88. The summed E-state index contributed by atoms with van der Waals surface area (Å²) in [7, 11) is 0. The molecule has 0 atom stereocenters. The van der Waals surface area contributed by atoms with Gasteiger partial charge in [0.1, 0.15) is 6.26 Å². The first-order chi connectivity index (χ1) is 6.41. The van der Waals surface area contributed by atoms with Gasteiger partial charge in [0, 0.05) is 0 Å². The average molecular weight is 179 g/mol. The third-order valence-electron chi connectivity index (χ3n) is 1.77. The van der Waals surface area contributed by atoms with Crippen molar-refractivity contribution in [1.29, 1.82) is 0 Å². The van der Waals surface area contributed by atoms with E-state index in [-0.39, 0.29) is 0 Å². The first kappa shape index (κ1) is 12.0. The minimum atomic E-state index is 0.783. The van der Waals surface area contributed by atoms with Crippen molar-refractivity contribution >= 4 is 0 Å². The molecule has 0 aliphatic rings. The van der Waals surface area contributed by atoms with Gasteiger partial charge in [0.2, 0.25) is 0 Å². The van der Waals surface area contributed by atoms with Crippen LogP contribution in [0.3, 0.4) is 0 Å². The van der Waals surface area contributed by atoms with Gasteiger partial charge in [-0.2, -0.15) is 0 Å². The molecular formula is C12H19O. The molecule has 13 heavy (non-hydrogen) atoms. The Hall–Kier alpha value is -0.980. The normalized spacial score (nSPS) is 12.4. The average Bonchev–Trinajstić information content (AvgIpc) is 2.16. The third kappa shape index (κ3) is 11.0. The van der Waals surface area contributed by atoms with E-state index in [1.165, 1.54) is 31.8 Å². The molecule has 0 aromatic heterocycles. The molecule has 0 aliphatic carbocycles. The minimum Gasteiger partial charge on any atom is -0.299 e. The molecule has 0 heterocycles. The summed E-state index contributed by atoms with van der Waals surface area (Å²) in [5.74, 6) is 0. The van der Waals surface area contributed by atoms with E-state index < -0.39 is 0 Å². The summed E-state index contributed by atoms with van der Waals surface area (Å²) in [5, 5.41) is 9.88. The lowest BCUT2D eigenvalue weighted by Gasteiger charge is -1.92. The number of hydrogen-bond acceptors (Lipinski definition) is 0. The van der Waals surface area contributed by atoms with E-state index in [1.54, 1.807) is 6.08 Å². The van der Waals surface area contributed by atoms with Gasteiger partial charge in [-0.1, -0.05) is 50.5 Å². The lowest BCUT2D eigenvalue weighted by Crippen LogP contribution is -1.72. The van der Waals surface area contributed by atoms with E-state index in [0.717, 1.165) is 12.7 Å². The molecule has 0 N–H and O–H groups in total. The molecule has 0 amide bonds. The molecule has 1 heteroatoms. The highest BCUT2D eigenvalue weighted by Gasteiger charge is 1.82. The van der Waals surface area contributed by atoms with Gasteiger partial charge in [-0.15, -0.1) is 0 Å². The first-order valence-corrected chi connectivity index (χ1v) is 5.02. The van der Waals surface area contributed by atoms with Gasteiger partial charge >= 0.3 is 0 Å². The predicted molar refractivity (Wildman–Crippen MR) is 56.9 cm³/mol. The Kier molecular flexibility index (Phi) is 10.2. The zero-order valence-corrected chi connectivity index (χ0v) is 8.41. The van der Waals surface area contributed by atoms with Gasteiger partial charge in [0.05, 0.1) is 0 Å². The van der Waals surface area contributed by atoms with Crippen LogP contribution in [0.25, 0.3) is 0 Å². The zero-order chi connectivity index (χ0) is 9.78. The van der Waals surface area contributed by atoms with Crippen LogP contribution < -0.4 is 0 Å². The Morgan fingerprint density at radius 1 is 0.923 bits per heavy atom. The van der Waals surface area contributed by atoms with Crippen molar-refractivity contribution < 1.29 is 5.11 Å².